The van der Waals surface area contributed by atoms with Gasteiger partial charge >= 0.3 is 0 Å². The van der Waals surface area contributed by atoms with Crippen molar-refractivity contribution in [2.24, 2.45) is 5.73 Å². The number of hydrogen-bond donors (Lipinski definition) is 1. The van der Waals surface area contributed by atoms with Gasteiger partial charge in [-0.25, -0.2) is 12.8 Å². The van der Waals surface area contributed by atoms with Crippen molar-refractivity contribution in [3.63, 3.8) is 0 Å². The van der Waals surface area contributed by atoms with Gasteiger partial charge in [0.05, 0.1) is 9.92 Å². The highest BCUT2D eigenvalue weighted by molar-refractivity contribution is 7.89. The minimum Gasteiger partial charge on any atom is -0.326 e. The lowest BCUT2D eigenvalue weighted by molar-refractivity contribution is 0.342. The molecule has 1 aromatic carbocycles. The molecular formula is C13H20ClFN2O2S. The summed E-state index contributed by atoms with van der Waals surface area (Å²) in [4.78, 5) is -0.109. The van der Waals surface area contributed by atoms with Crippen LogP contribution in [0, 0.1) is 5.82 Å². The van der Waals surface area contributed by atoms with Crippen LogP contribution in [0.2, 0.25) is 5.02 Å². The van der Waals surface area contributed by atoms with Crippen LogP contribution in [-0.4, -0.2) is 25.3 Å². The lowest BCUT2D eigenvalue weighted by Crippen LogP contribution is -2.38. The van der Waals surface area contributed by atoms with Crippen molar-refractivity contribution in [2.45, 2.75) is 44.7 Å². The third kappa shape index (κ3) is 3.31. The molecule has 114 valence electrons. The summed E-state index contributed by atoms with van der Waals surface area (Å²) in [6.07, 6.45) is 0.673. The zero-order chi connectivity index (χ0) is 15.5. The van der Waals surface area contributed by atoms with Gasteiger partial charge in [-0.3, -0.25) is 0 Å². The second-order valence-electron chi connectivity index (χ2n) is 4.55. The lowest BCUT2D eigenvalue weighted by atomic mass is 10.2. The fourth-order valence-electron chi connectivity index (χ4n) is 1.97. The number of rotatable bonds is 6. The molecule has 0 aliphatic heterocycles. The topological polar surface area (TPSA) is 63.4 Å². The summed E-state index contributed by atoms with van der Waals surface area (Å²) < 4.78 is 40.2. The fourth-order valence-corrected chi connectivity index (χ4v) is 3.94. The Morgan fingerprint density at radius 2 is 2.00 bits per heavy atom. The summed E-state index contributed by atoms with van der Waals surface area (Å²) >= 11 is 5.76. The van der Waals surface area contributed by atoms with Gasteiger partial charge in [-0.1, -0.05) is 25.4 Å². The molecule has 7 heteroatoms. The van der Waals surface area contributed by atoms with Gasteiger partial charge in [0.1, 0.15) is 5.82 Å². The lowest BCUT2D eigenvalue weighted by Gasteiger charge is -2.26. The quantitative estimate of drug-likeness (QED) is 0.876. The Morgan fingerprint density at radius 1 is 1.40 bits per heavy atom. The number of hydrogen-bond acceptors (Lipinski definition) is 3. The van der Waals surface area contributed by atoms with Gasteiger partial charge in [0.15, 0.2) is 0 Å². The molecule has 0 aliphatic rings. The maximum absolute atomic E-state index is 13.7. The molecule has 0 heterocycles. The van der Waals surface area contributed by atoms with Crippen molar-refractivity contribution in [1.29, 1.82) is 0 Å². The SMILES string of the molecule is CCC(C)N(CC)S(=O)(=O)c1cc(F)c(Cl)c(CN)c1. The summed E-state index contributed by atoms with van der Waals surface area (Å²) in [5.74, 6) is -0.770. The molecule has 2 N–H and O–H groups in total. The summed E-state index contributed by atoms with van der Waals surface area (Å²) in [7, 11) is -3.76. The van der Waals surface area contributed by atoms with Crippen molar-refractivity contribution in [2.75, 3.05) is 6.54 Å². The molecular weight excluding hydrogens is 303 g/mol. The van der Waals surface area contributed by atoms with Crippen molar-refractivity contribution in [3.05, 3.63) is 28.5 Å². The van der Waals surface area contributed by atoms with Crippen LogP contribution in [0.15, 0.2) is 17.0 Å². The molecule has 0 radical (unpaired) electrons. The minimum absolute atomic E-state index is 0.0193. The Morgan fingerprint density at radius 3 is 2.45 bits per heavy atom. The average Bonchev–Trinajstić information content (AvgIpc) is 2.41. The van der Waals surface area contributed by atoms with Crippen LogP contribution >= 0.6 is 11.6 Å². The molecule has 0 aliphatic carbocycles. The Hall–Kier alpha value is -0.690. The second-order valence-corrected chi connectivity index (χ2v) is 6.82. The number of sulfonamides is 1. The summed E-state index contributed by atoms with van der Waals surface area (Å²) in [5, 5.41) is -0.127. The van der Waals surface area contributed by atoms with E-state index in [1.807, 2.05) is 13.8 Å². The van der Waals surface area contributed by atoms with E-state index in [0.717, 1.165) is 6.07 Å². The molecule has 4 nitrogen and oxygen atoms in total. The van der Waals surface area contributed by atoms with Gasteiger partial charge in [-0.05, 0) is 31.0 Å². The molecule has 1 unspecified atom stereocenters. The van der Waals surface area contributed by atoms with Gasteiger partial charge in [0, 0.05) is 19.1 Å². The van der Waals surface area contributed by atoms with E-state index in [0.29, 0.717) is 13.0 Å². The van der Waals surface area contributed by atoms with Crippen LogP contribution in [-0.2, 0) is 16.6 Å². The van der Waals surface area contributed by atoms with Crippen LogP contribution in [0.1, 0.15) is 32.8 Å². The number of halogens is 2. The predicted octanol–water partition coefficient (Wildman–Crippen LogP) is 2.75. The van der Waals surface area contributed by atoms with Gasteiger partial charge in [0.25, 0.3) is 0 Å². The Bertz CT molecular complexity index is 578. The summed E-state index contributed by atoms with van der Waals surface area (Å²) in [6, 6.07) is 2.12. The van der Waals surface area contributed by atoms with E-state index < -0.39 is 15.8 Å². The third-order valence-electron chi connectivity index (χ3n) is 3.30. The first-order valence-corrected chi connectivity index (χ1v) is 8.31. The molecule has 1 atom stereocenters. The van der Waals surface area contributed by atoms with Gasteiger partial charge in [-0.15, -0.1) is 0 Å². The molecule has 0 amide bonds. The minimum atomic E-state index is -3.76. The summed E-state index contributed by atoms with van der Waals surface area (Å²) in [6.45, 7) is 5.77. The van der Waals surface area contributed by atoms with Crippen molar-refractivity contribution < 1.29 is 12.8 Å². The van der Waals surface area contributed by atoms with E-state index in [9.17, 15) is 12.8 Å². The molecule has 0 bridgehead atoms. The van der Waals surface area contributed by atoms with E-state index in [-0.39, 0.29) is 28.1 Å². The average molecular weight is 323 g/mol. The van der Waals surface area contributed by atoms with Crippen LogP contribution < -0.4 is 5.73 Å². The zero-order valence-corrected chi connectivity index (χ0v) is 13.4. The maximum Gasteiger partial charge on any atom is 0.243 e. The molecule has 0 saturated carbocycles. The normalized spacial score (nSPS) is 13.8. The highest BCUT2D eigenvalue weighted by Crippen LogP contribution is 2.27. The molecule has 0 spiro atoms. The largest absolute Gasteiger partial charge is 0.326 e. The molecule has 1 aromatic rings. The van der Waals surface area contributed by atoms with Crippen molar-refractivity contribution in [1.82, 2.24) is 4.31 Å². The smallest absolute Gasteiger partial charge is 0.243 e. The highest BCUT2D eigenvalue weighted by atomic mass is 35.5. The fraction of sp³-hybridized carbons (Fsp3) is 0.538. The van der Waals surface area contributed by atoms with Crippen molar-refractivity contribution in [3.8, 4) is 0 Å². The Labute approximate surface area is 124 Å². The second kappa shape index (κ2) is 6.85. The van der Waals surface area contributed by atoms with Crippen LogP contribution in [0.4, 0.5) is 4.39 Å². The predicted molar refractivity (Wildman–Crippen MR) is 78.6 cm³/mol. The van der Waals surface area contributed by atoms with Gasteiger partial charge in [0.2, 0.25) is 10.0 Å². The molecule has 0 fully saturated rings. The van der Waals surface area contributed by atoms with E-state index in [4.69, 9.17) is 17.3 Å². The molecule has 0 saturated heterocycles. The van der Waals surface area contributed by atoms with Crippen LogP contribution in [0.3, 0.4) is 0 Å². The monoisotopic (exact) mass is 322 g/mol. The molecule has 20 heavy (non-hydrogen) atoms. The van der Waals surface area contributed by atoms with E-state index in [2.05, 4.69) is 0 Å². The van der Waals surface area contributed by atoms with E-state index in [1.54, 1.807) is 6.92 Å². The number of benzene rings is 1. The zero-order valence-electron chi connectivity index (χ0n) is 11.9. The van der Waals surface area contributed by atoms with Gasteiger partial charge < -0.3 is 5.73 Å². The Kier molecular flexibility index (Phi) is 5.94. The summed E-state index contributed by atoms with van der Waals surface area (Å²) in [5.41, 5.74) is 5.75. The highest BCUT2D eigenvalue weighted by Gasteiger charge is 2.28. The maximum atomic E-state index is 13.7. The van der Waals surface area contributed by atoms with E-state index in [1.165, 1.54) is 10.4 Å². The first-order valence-electron chi connectivity index (χ1n) is 6.49. The Balaban J connectivity index is 3.38. The number of nitrogens with two attached hydrogens (primary N) is 1. The first kappa shape index (κ1) is 17.4. The van der Waals surface area contributed by atoms with Crippen LogP contribution in [0.5, 0.6) is 0 Å². The number of nitrogens with zero attached hydrogens (tertiary/aromatic N) is 1. The van der Waals surface area contributed by atoms with Crippen LogP contribution in [0.25, 0.3) is 0 Å². The third-order valence-corrected chi connectivity index (χ3v) is 5.79. The van der Waals surface area contributed by atoms with Crippen molar-refractivity contribution >= 4 is 21.6 Å². The first-order chi connectivity index (χ1) is 9.29. The molecule has 0 aromatic heterocycles. The standard InChI is InChI=1S/C13H20ClFN2O2S/c1-4-9(3)17(5-2)20(18,19)11-6-10(8-16)13(14)12(15)7-11/h6-7,9H,4-5,8,16H2,1-3H3. The van der Waals surface area contributed by atoms with Gasteiger partial charge in [-0.2, -0.15) is 4.31 Å². The molecule has 1 rings (SSSR count). The van der Waals surface area contributed by atoms with E-state index >= 15 is 0 Å².